The third-order valence-corrected chi connectivity index (χ3v) is 5.11. The molecule has 1 heterocycles. The van der Waals surface area contributed by atoms with Crippen LogP contribution in [0.2, 0.25) is 0 Å². The number of hydrogen-bond donors (Lipinski definition) is 0. The van der Waals surface area contributed by atoms with Crippen LogP contribution in [0.3, 0.4) is 0 Å². The Labute approximate surface area is 186 Å². The van der Waals surface area contributed by atoms with E-state index >= 15 is 0 Å². The molecule has 0 unspecified atom stereocenters. The number of carbonyl (C=O) groups is 3. The van der Waals surface area contributed by atoms with Gasteiger partial charge in [0.2, 0.25) is 5.78 Å². The highest BCUT2D eigenvalue weighted by Gasteiger charge is 2.19. The summed E-state index contributed by atoms with van der Waals surface area (Å²) in [4.78, 5) is 36.7. The highest BCUT2D eigenvalue weighted by molar-refractivity contribution is 6.00. The molecule has 32 heavy (non-hydrogen) atoms. The van der Waals surface area contributed by atoms with Gasteiger partial charge in [-0.1, -0.05) is 12.1 Å². The molecule has 7 nitrogen and oxygen atoms in total. The van der Waals surface area contributed by atoms with Gasteiger partial charge in [-0.25, -0.2) is 9.59 Å². The third-order valence-electron chi connectivity index (χ3n) is 5.11. The zero-order valence-electron chi connectivity index (χ0n) is 18.5. The minimum absolute atomic E-state index is 0.292. The van der Waals surface area contributed by atoms with E-state index in [1.54, 1.807) is 61.7 Å². The number of nitrogens with zero attached hydrogens (tertiary/aromatic N) is 1. The van der Waals surface area contributed by atoms with Gasteiger partial charge in [0.25, 0.3) is 0 Å². The van der Waals surface area contributed by atoms with Gasteiger partial charge in [0.05, 0.1) is 24.8 Å². The van der Waals surface area contributed by atoms with Crippen LogP contribution in [0.15, 0.2) is 54.6 Å². The zero-order chi connectivity index (χ0) is 23.3. The summed E-state index contributed by atoms with van der Waals surface area (Å²) in [6.45, 7) is 3.80. The van der Waals surface area contributed by atoms with Crippen LogP contribution in [-0.4, -0.2) is 43.1 Å². The van der Waals surface area contributed by atoms with Crippen molar-refractivity contribution in [3.63, 3.8) is 0 Å². The number of aromatic nitrogens is 1. The molecular weight excluding hydrogens is 410 g/mol. The van der Waals surface area contributed by atoms with E-state index in [2.05, 4.69) is 0 Å². The molecule has 1 aromatic heterocycles. The van der Waals surface area contributed by atoms with Crippen molar-refractivity contribution in [1.29, 1.82) is 0 Å². The van der Waals surface area contributed by atoms with Crippen LogP contribution in [0, 0.1) is 13.8 Å². The standard InChI is InChI=1S/C25H25NO6/c1-16-13-22(17(2)26(16)21-11-9-19(10-12-21)24(28)31-4)23(27)15-32-25(29)20-7-5-18(6-8-20)14-30-3/h5-13H,14-15H2,1-4H3. The second-order valence-corrected chi connectivity index (χ2v) is 7.29. The Hall–Kier alpha value is -3.71. The Kier molecular flexibility index (Phi) is 7.22. The van der Waals surface area contributed by atoms with E-state index in [1.807, 2.05) is 18.4 Å². The van der Waals surface area contributed by atoms with Crippen molar-refractivity contribution >= 4 is 17.7 Å². The average molecular weight is 435 g/mol. The maximum atomic E-state index is 12.8. The van der Waals surface area contributed by atoms with Crippen molar-refractivity contribution in [2.45, 2.75) is 20.5 Å². The van der Waals surface area contributed by atoms with E-state index in [4.69, 9.17) is 14.2 Å². The molecule has 7 heteroatoms. The molecule has 0 radical (unpaired) electrons. The molecule has 0 spiro atoms. The van der Waals surface area contributed by atoms with Gasteiger partial charge in [-0.2, -0.15) is 0 Å². The first-order chi connectivity index (χ1) is 15.3. The Morgan fingerprint density at radius 1 is 0.844 bits per heavy atom. The minimum atomic E-state index is -0.561. The number of esters is 2. The summed E-state index contributed by atoms with van der Waals surface area (Å²) in [5, 5.41) is 0. The Morgan fingerprint density at radius 3 is 2.03 bits per heavy atom. The summed E-state index contributed by atoms with van der Waals surface area (Å²) in [5.41, 5.74) is 4.59. The number of Topliss-reactive ketones (excluding diaryl/α,β-unsaturated/α-hetero) is 1. The lowest BCUT2D eigenvalue weighted by atomic mass is 10.1. The molecular formula is C25H25NO6. The lowest BCUT2D eigenvalue weighted by Crippen LogP contribution is -2.15. The number of ketones is 1. The molecule has 0 atom stereocenters. The number of methoxy groups -OCH3 is 2. The van der Waals surface area contributed by atoms with Crippen LogP contribution >= 0.6 is 0 Å². The minimum Gasteiger partial charge on any atom is -0.465 e. The zero-order valence-corrected chi connectivity index (χ0v) is 18.5. The highest BCUT2D eigenvalue weighted by atomic mass is 16.5. The molecule has 0 aliphatic rings. The van der Waals surface area contributed by atoms with Crippen LogP contribution in [0.1, 0.15) is 48.0 Å². The molecule has 0 saturated heterocycles. The molecule has 0 aliphatic carbocycles. The number of ether oxygens (including phenoxy) is 3. The monoisotopic (exact) mass is 435 g/mol. The fourth-order valence-corrected chi connectivity index (χ4v) is 3.50. The Bertz CT molecular complexity index is 1130. The maximum absolute atomic E-state index is 12.8. The van der Waals surface area contributed by atoms with Gasteiger partial charge in [-0.3, -0.25) is 4.79 Å². The van der Waals surface area contributed by atoms with E-state index in [1.165, 1.54) is 7.11 Å². The van der Waals surface area contributed by atoms with Crippen molar-refractivity contribution in [3.05, 3.63) is 88.2 Å². The molecule has 0 bridgehead atoms. The molecule has 3 aromatic rings. The number of aryl methyl sites for hydroxylation is 1. The summed E-state index contributed by atoms with van der Waals surface area (Å²) < 4.78 is 16.9. The first kappa shape index (κ1) is 23.0. The van der Waals surface area contributed by atoms with Crippen molar-refractivity contribution in [2.24, 2.45) is 0 Å². The summed E-state index contributed by atoms with van der Waals surface area (Å²) in [6, 6.07) is 15.5. The fraction of sp³-hybridized carbons (Fsp3) is 0.240. The molecule has 166 valence electrons. The van der Waals surface area contributed by atoms with Crippen LogP contribution in [0.25, 0.3) is 5.69 Å². The van der Waals surface area contributed by atoms with Crippen LogP contribution < -0.4 is 0 Å². The van der Waals surface area contributed by atoms with Gasteiger partial charge in [-0.15, -0.1) is 0 Å². The number of rotatable bonds is 8. The van der Waals surface area contributed by atoms with E-state index < -0.39 is 11.9 Å². The topological polar surface area (TPSA) is 83.8 Å². The van der Waals surface area contributed by atoms with E-state index in [0.29, 0.717) is 23.3 Å². The van der Waals surface area contributed by atoms with Crippen LogP contribution in [0.5, 0.6) is 0 Å². The predicted molar refractivity (Wildman–Crippen MR) is 118 cm³/mol. The van der Waals surface area contributed by atoms with Crippen LogP contribution in [-0.2, 0) is 20.8 Å². The molecule has 3 rings (SSSR count). The smallest absolute Gasteiger partial charge is 0.338 e. The summed E-state index contributed by atoms with van der Waals surface area (Å²) in [7, 11) is 2.93. The normalized spacial score (nSPS) is 10.6. The summed E-state index contributed by atoms with van der Waals surface area (Å²) in [6.07, 6.45) is 0. The Balaban J connectivity index is 1.71. The van der Waals surface area contributed by atoms with Crippen molar-refractivity contribution in [2.75, 3.05) is 20.8 Å². The van der Waals surface area contributed by atoms with Crippen molar-refractivity contribution in [3.8, 4) is 5.69 Å². The first-order valence-electron chi connectivity index (χ1n) is 10.0. The molecule has 2 aromatic carbocycles. The number of hydrogen-bond acceptors (Lipinski definition) is 6. The van der Waals surface area contributed by atoms with Gasteiger partial charge in [0.15, 0.2) is 6.61 Å². The predicted octanol–water partition coefficient (Wildman–Crippen LogP) is 4.07. The lowest BCUT2D eigenvalue weighted by Gasteiger charge is -2.11. The van der Waals surface area contributed by atoms with Crippen molar-refractivity contribution in [1.82, 2.24) is 4.57 Å². The maximum Gasteiger partial charge on any atom is 0.338 e. The summed E-state index contributed by atoms with van der Waals surface area (Å²) >= 11 is 0. The molecule has 0 amide bonds. The average Bonchev–Trinajstić information content (AvgIpc) is 3.11. The van der Waals surface area contributed by atoms with E-state index in [9.17, 15) is 14.4 Å². The van der Waals surface area contributed by atoms with Gasteiger partial charge in [0, 0.05) is 29.7 Å². The summed E-state index contributed by atoms with van der Waals surface area (Å²) in [5.74, 6) is -1.27. The lowest BCUT2D eigenvalue weighted by molar-refractivity contribution is 0.0474. The largest absolute Gasteiger partial charge is 0.465 e. The molecule has 0 fully saturated rings. The number of benzene rings is 2. The molecule has 0 saturated carbocycles. The van der Waals surface area contributed by atoms with Gasteiger partial charge < -0.3 is 18.8 Å². The molecule has 0 N–H and O–H groups in total. The quantitative estimate of drug-likeness (QED) is 0.392. The third kappa shape index (κ3) is 4.95. The van der Waals surface area contributed by atoms with E-state index in [0.717, 1.165) is 22.6 Å². The van der Waals surface area contributed by atoms with Gasteiger partial charge in [-0.05, 0) is 61.9 Å². The van der Waals surface area contributed by atoms with Crippen molar-refractivity contribution < 1.29 is 28.6 Å². The second kappa shape index (κ2) is 10.1. The SMILES string of the molecule is COCc1ccc(C(=O)OCC(=O)c2cc(C)n(-c3ccc(C(=O)OC)cc3)c2C)cc1. The second-order valence-electron chi connectivity index (χ2n) is 7.29. The highest BCUT2D eigenvalue weighted by Crippen LogP contribution is 2.22. The van der Waals surface area contributed by atoms with Gasteiger partial charge in [0.1, 0.15) is 0 Å². The fourth-order valence-electron chi connectivity index (χ4n) is 3.50. The van der Waals surface area contributed by atoms with E-state index in [-0.39, 0.29) is 12.4 Å². The number of carbonyl (C=O) groups excluding carboxylic acids is 3. The first-order valence-corrected chi connectivity index (χ1v) is 10.0. The van der Waals surface area contributed by atoms with Crippen LogP contribution in [0.4, 0.5) is 0 Å². The molecule has 0 aliphatic heterocycles. The van der Waals surface area contributed by atoms with Gasteiger partial charge >= 0.3 is 11.9 Å². The Morgan fingerprint density at radius 2 is 1.44 bits per heavy atom.